The van der Waals surface area contributed by atoms with E-state index >= 15 is 4.39 Å². The maximum atomic E-state index is 15.9. The number of esters is 5. The van der Waals surface area contributed by atoms with Crippen LogP contribution in [0.1, 0.15) is 48.0 Å². The summed E-state index contributed by atoms with van der Waals surface area (Å²) in [5, 5.41) is 2.35. The van der Waals surface area contributed by atoms with E-state index < -0.39 is 78.2 Å². The largest absolute Gasteiger partial charge is 0.464 e. The van der Waals surface area contributed by atoms with E-state index in [2.05, 4.69) is 10.1 Å². The number of hydrogen-bond donors (Lipinski definition) is 1. The number of rotatable bonds is 9. The lowest BCUT2D eigenvalue weighted by Gasteiger charge is -2.49. The number of hydrogen-bond acceptors (Lipinski definition) is 12. The van der Waals surface area contributed by atoms with Crippen molar-refractivity contribution >= 4 is 35.8 Å². The number of carbonyl (C=O) groups is 6. The van der Waals surface area contributed by atoms with Gasteiger partial charge in [-0.3, -0.25) is 24.0 Å². The molecule has 0 aromatic rings. The fourth-order valence-corrected chi connectivity index (χ4v) is 3.70. The zero-order valence-corrected chi connectivity index (χ0v) is 20.4. The van der Waals surface area contributed by atoms with E-state index in [9.17, 15) is 28.8 Å². The van der Waals surface area contributed by atoms with Crippen LogP contribution in [-0.4, -0.2) is 85.3 Å². The Labute approximate surface area is 200 Å². The molecule has 7 atom stereocenters. The Bertz CT molecular complexity index is 830. The number of alkyl halides is 1. The van der Waals surface area contributed by atoms with Crippen molar-refractivity contribution in [1.29, 1.82) is 0 Å². The Morgan fingerprint density at radius 2 is 1.51 bits per heavy atom. The van der Waals surface area contributed by atoms with Crippen LogP contribution in [0.25, 0.3) is 0 Å². The van der Waals surface area contributed by atoms with Crippen molar-refractivity contribution in [2.45, 2.75) is 90.4 Å². The van der Waals surface area contributed by atoms with E-state index in [1.807, 2.05) is 0 Å². The molecule has 1 aliphatic heterocycles. The molecule has 1 N–H and O–H groups in total. The second-order valence-corrected chi connectivity index (χ2v) is 7.67. The highest BCUT2D eigenvalue weighted by Gasteiger charge is 2.67. The summed E-state index contributed by atoms with van der Waals surface area (Å²) < 4.78 is 46.6. The molecule has 0 saturated carbocycles. The fourth-order valence-electron chi connectivity index (χ4n) is 3.70. The zero-order chi connectivity index (χ0) is 27.1. The molecule has 1 rings (SSSR count). The van der Waals surface area contributed by atoms with Gasteiger partial charge in [-0.1, -0.05) is 6.92 Å². The lowest BCUT2D eigenvalue weighted by molar-refractivity contribution is -0.326. The third-order valence-electron chi connectivity index (χ3n) is 4.82. The summed E-state index contributed by atoms with van der Waals surface area (Å²) in [5.41, 5.74) is 0. The zero-order valence-electron chi connectivity index (χ0n) is 20.4. The van der Waals surface area contributed by atoms with Crippen LogP contribution in [0.15, 0.2) is 0 Å². The lowest BCUT2D eigenvalue weighted by Crippen LogP contribution is -2.74. The number of methoxy groups -OCH3 is 1. The summed E-state index contributed by atoms with van der Waals surface area (Å²) in [5.74, 6) is -9.27. The highest BCUT2D eigenvalue weighted by atomic mass is 19.1. The van der Waals surface area contributed by atoms with Crippen LogP contribution in [0, 0.1) is 0 Å². The Balaban J connectivity index is 3.88. The van der Waals surface area contributed by atoms with Crippen molar-refractivity contribution in [2.75, 3.05) is 7.11 Å². The summed E-state index contributed by atoms with van der Waals surface area (Å²) in [7, 11) is 0.858. The van der Waals surface area contributed by atoms with Crippen LogP contribution >= 0.6 is 0 Å². The summed E-state index contributed by atoms with van der Waals surface area (Å²) >= 11 is 0. The van der Waals surface area contributed by atoms with Gasteiger partial charge < -0.3 is 33.7 Å². The topological polar surface area (TPSA) is 170 Å². The predicted molar refractivity (Wildman–Crippen MR) is 111 cm³/mol. The predicted octanol–water partition coefficient (Wildman–Crippen LogP) is -0.134. The molecular formula is C21H30FNO12. The average molecular weight is 507 g/mol. The molecule has 0 aromatic carbocycles. The van der Waals surface area contributed by atoms with Crippen molar-refractivity contribution < 1.29 is 61.6 Å². The van der Waals surface area contributed by atoms with Gasteiger partial charge in [-0.2, -0.15) is 0 Å². The molecule has 0 aliphatic carbocycles. The maximum Gasteiger partial charge on any atom is 0.383 e. The Morgan fingerprint density at radius 1 is 0.943 bits per heavy atom. The second-order valence-electron chi connectivity index (χ2n) is 7.67. The first-order valence-corrected chi connectivity index (χ1v) is 10.6. The third kappa shape index (κ3) is 7.34. The van der Waals surface area contributed by atoms with Gasteiger partial charge in [-0.05, 0) is 6.42 Å². The maximum absolute atomic E-state index is 15.9. The molecule has 1 fully saturated rings. The molecule has 198 valence electrons. The van der Waals surface area contributed by atoms with Crippen molar-refractivity contribution in [3.05, 3.63) is 0 Å². The van der Waals surface area contributed by atoms with E-state index in [1.165, 1.54) is 0 Å². The number of ether oxygens (including phenoxy) is 6. The Hall–Kier alpha value is -3.29. The molecule has 0 spiro atoms. The fraction of sp³-hybridized carbons (Fsp3) is 0.714. The molecule has 0 aromatic heterocycles. The first-order chi connectivity index (χ1) is 16.2. The monoisotopic (exact) mass is 507 g/mol. The summed E-state index contributed by atoms with van der Waals surface area (Å²) in [4.78, 5) is 72.0. The minimum atomic E-state index is -3.13. The smallest absolute Gasteiger partial charge is 0.383 e. The average Bonchev–Trinajstić information content (AvgIpc) is 2.73. The highest BCUT2D eigenvalue weighted by molar-refractivity contribution is 5.83. The molecule has 13 nitrogen and oxygen atoms in total. The number of amides is 1. The van der Waals surface area contributed by atoms with Gasteiger partial charge in [0.15, 0.2) is 12.2 Å². The van der Waals surface area contributed by atoms with Crippen LogP contribution in [0.4, 0.5) is 4.39 Å². The van der Waals surface area contributed by atoms with Crippen LogP contribution in [0.5, 0.6) is 0 Å². The number of halogens is 1. The molecule has 1 heterocycles. The minimum absolute atomic E-state index is 0.0280. The summed E-state index contributed by atoms with van der Waals surface area (Å²) in [6.45, 7) is 6.51. The van der Waals surface area contributed by atoms with E-state index in [0.717, 1.165) is 41.7 Å². The highest BCUT2D eigenvalue weighted by Crippen LogP contribution is 2.39. The number of nitrogens with one attached hydrogen (secondary N) is 1. The molecule has 1 saturated heterocycles. The van der Waals surface area contributed by atoms with Gasteiger partial charge in [0, 0.05) is 34.6 Å². The van der Waals surface area contributed by atoms with Gasteiger partial charge in [-0.25, -0.2) is 9.18 Å². The van der Waals surface area contributed by atoms with E-state index in [-0.39, 0.29) is 6.42 Å². The molecule has 14 heteroatoms. The Kier molecular flexibility index (Phi) is 10.6. The molecular weight excluding hydrogens is 477 g/mol. The van der Waals surface area contributed by atoms with Crippen molar-refractivity contribution in [3.63, 3.8) is 0 Å². The standard InChI is InChI=1S/C21H30FNO12/c1-8-14(31-10(3)25)16(32-11(4)26)17-15(23-9(2)24)18(33-12(5)27)19(22)21(35-17,20(29)30-7)34-13(6)28/h14-19H,8H2,1-7H3,(H,23,24)/t14-,15+,16-,17-,18-,19+,21?/m1/s1. The Morgan fingerprint density at radius 3 is 1.91 bits per heavy atom. The van der Waals surface area contributed by atoms with Gasteiger partial charge >= 0.3 is 35.6 Å². The normalized spacial score (nSPS) is 27.4. The molecule has 0 bridgehead atoms. The van der Waals surface area contributed by atoms with Crippen LogP contribution in [0.3, 0.4) is 0 Å². The summed E-state index contributed by atoms with van der Waals surface area (Å²) in [6.07, 6.45) is -9.26. The van der Waals surface area contributed by atoms with Gasteiger partial charge in [-0.15, -0.1) is 0 Å². The van der Waals surface area contributed by atoms with E-state index in [4.69, 9.17) is 23.7 Å². The number of carbonyl (C=O) groups excluding carboxylic acids is 6. The van der Waals surface area contributed by atoms with Crippen molar-refractivity contribution in [3.8, 4) is 0 Å². The van der Waals surface area contributed by atoms with E-state index in [1.54, 1.807) is 6.92 Å². The molecule has 35 heavy (non-hydrogen) atoms. The molecule has 1 amide bonds. The van der Waals surface area contributed by atoms with Gasteiger partial charge in [0.25, 0.3) is 0 Å². The second kappa shape index (κ2) is 12.4. The quantitative estimate of drug-likeness (QED) is 0.324. The first kappa shape index (κ1) is 29.7. The van der Waals surface area contributed by atoms with Crippen molar-refractivity contribution in [1.82, 2.24) is 5.32 Å². The first-order valence-electron chi connectivity index (χ1n) is 10.6. The summed E-state index contributed by atoms with van der Waals surface area (Å²) in [6, 6.07) is -1.60. The molecule has 0 radical (unpaired) electrons. The molecule has 1 unspecified atom stereocenters. The van der Waals surface area contributed by atoms with Crippen LogP contribution < -0.4 is 5.32 Å². The lowest BCUT2D eigenvalue weighted by atomic mass is 9.86. The third-order valence-corrected chi connectivity index (χ3v) is 4.82. The van der Waals surface area contributed by atoms with Gasteiger partial charge in [0.2, 0.25) is 12.1 Å². The van der Waals surface area contributed by atoms with Gasteiger partial charge in [0.05, 0.1) is 13.2 Å². The molecule has 1 aliphatic rings. The van der Waals surface area contributed by atoms with E-state index in [0.29, 0.717) is 0 Å². The van der Waals surface area contributed by atoms with Crippen molar-refractivity contribution in [2.24, 2.45) is 0 Å². The SMILES string of the molecule is CC[C@@H](OC(C)=O)[C@@H](OC(C)=O)[C@@H]1OC(OC(C)=O)(C(=O)OC)[C@@H](F)[C@H](OC(C)=O)[C@H]1NC(C)=O. The van der Waals surface area contributed by atoms with Gasteiger partial charge in [0.1, 0.15) is 12.2 Å². The van der Waals surface area contributed by atoms with Crippen LogP contribution in [-0.2, 0) is 57.2 Å². The van der Waals surface area contributed by atoms with Crippen LogP contribution in [0.2, 0.25) is 0 Å². The minimum Gasteiger partial charge on any atom is -0.464 e.